The smallest absolute Gasteiger partial charge is 0.179 e. The SMILES string of the molecule is CCN(C#N)Cc1ccncc1. The minimum Gasteiger partial charge on any atom is -0.307 e. The molecule has 0 amide bonds. The molecule has 0 atom stereocenters. The van der Waals surface area contributed by atoms with Gasteiger partial charge in [-0.2, -0.15) is 5.26 Å². The summed E-state index contributed by atoms with van der Waals surface area (Å²) in [6.07, 6.45) is 5.59. The van der Waals surface area contributed by atoms with Gasteiger partial charge >= 0.3 is 0 Å². The molecule has 0 radical (unpaired) electrons. The van der Waals surface area contributed by atoms with Crippen LogP contribution in [0.1, 0.15) is 12.5 Å². The summed E-state index contributed by atoms with van der Waals surface area (Å²) in [6.45, 7) is 3.39. The van der Waals surface area contributed by atoms with E-state index in [1.807, 2.05) is 19.1 Å². The molecule has 0 aliphatic rings. The molecule has 1 heterocycles. The molecule has 0 aromatic carbocycles. The fourth-order valence-corrected chi connectivity index (χ4v) is 0.926. The van der Waals surface area contributed by atoms with Crippen molar-refractivity contribution in [1.29, 1.82) is 5.26 Å². The monoisotopic (exact) mass is 161 g/mol. The topological polar surface area (TPSA) is 39.9 Å². The molecule has 12 heavy (non-hydrogen) atoms. The molecule has 0 fully saturated rings. The summed E-state index contributed by atoms with van der Waals surface area (Å²) in [5.74, 6) is 0. The van der Waals surface area contributed by atoms with Crippen molar-refractivity contribution in [3.8, 4) is 6.19 Å². The lowest BCUT2D eigenvalue weighted by Gasteiger charge is -2.11. The average Bonchev–Trinajstić information content (AvgIpc) is 2.16. The highest BCUT2D eigenvalue weighted by molar-refractivity contribution is 5.09. The van der Waals surface area contributed by atoms with Gasteiger partial charge in [0.1, 0.15) is 0 Å². The number of aromatic nitrogens is 1. The molecule has 62 valence electrons. The molecule has 0 bridgehead atoms. The van der Waals surface area contributed by atoms with Crippen LogP contribution in [0.2, 0.25) is 0 Å². The van der Waals surface area contributed by atoms with Crippen molar-refractivity contribution >= 4 is 0 Å². The van der Waals surface area contributed by atoms with Crippen LogP contribution in [0.4, 0.5) is 0 Å². The average molecular weight is 161 g/mol. The highest BCUT2D eigenvalue weighted by Gasteiger charge is 1.98. The highest BCUT2D eigenvalue weighted by atomic mass is 15.1. The fourth-order valence-electron chi connectivity index (χ4n) is 0.926. The summed E-state index contributed by atoms with van der Waals surface area (Å²) in [4.78, 5) is 5.59. The van der Waals surface area contributed by atoms with Crippen molar-refractivity contribution < 1.29 is 0 Å². The largest absolute Gasteiger partial charge is 0.307 e. The van der Waals surface area contributed by atoms with E-state index in [2.05, 4.69) is 11.2 Å². The standard InChI is InChI=1S/C9H11N3/c1-2-12(8-10)7-9-3-5-11-6-4-9/h3-6H,2,7H2,1H3. The molecule has 0 saturated heterocycles. The van der Waals surface area contributed by atoms with Gasteiger partial charge in [0, 0.05) is 18.9 Å². The summed E-state index contributed by atoms with van der Waals surface area (Å²) in [5, 5.41) is 8.65. The summed E-state index contributed by atoms with van der Waals surface area (Å²) in [7, 11) is 0. The van der Waals surface area contributed by atoms with Crippen molar-refractivity contribution in [3.05, 3.63) is 30.1 Å². The number of pyridine rings is 1. The van der Waals surface area contributed by atoms with Gasteiger partial charge in [0.15, 0.2) is 6.19 Å². The van der Waals surface area contributed by atoms with Crippen LogP contribution in [0, 0.1) is 11.5 Å². The second kappa shape index (κ2) is 4.35. The third-order valence-corrected chi connectivity index (χ3v) is 1.65. The molecule has 3 heteroatoms. The molecule has 0 aliphatic heterocycles. The maximum atomic E-state index is 8.65. The van der Waals surface area contributed by atoms with Gasteiger partial charge in [-0.1, -0.05) is 0 Å². The predicted octanol–water partition coefficient (Wildman–Crippen LogP) is 1.38. The first-order chi connectivity index (χ1) is 5.86. The Balaban J connectivity index is 2.58. The van der Waals surface area contributed by atoms with Crippen LogP contribution in [0.3, 0.4) is 0 Å². The van der Waals surface area contributed by atoms with E-state index in [1.54, 1.807) is 17.3 Å². The molecule has 1 aromatic rings. The zero-order chi connectivity index (χ0) is 8.81. The first kappa shape index (κ1) is 8.54. The number of nitrogens with zero attached hydrogens (tertiary/aromatic N) is 3. The molecule has 0 unspecified atom stereocenters. The van der Waals surface area contributed by atoms with E-state index >= 15 is 0 Å². The Kier molecular flexibility index (Phi) is 3.09. The van der Waals surface area contributed by atoms with Crippen LogP contribution in [0.15, 0.2) is 24.5 Å². The maximum absolute atomic E-state index is 8.65. The van der Waals surface area contributed by atoms with E-state index < -0.39 is 0 Å². The van der Waals surface area contributed by atoms with Crippen molar-refractivity contribution in [2.75, 3.05) is 6.54 Å². The third-order valence-electron chi connectivity index (χ3n) is 1.65. The predicted molar refractivity (Wildman–Crippen MR) is 45.9 cm³/mol. The summed E-state index contributed by atoms with van der Waals surface area (Å²) < 4.78 is 0. The van der Waals surface area contributed by atoms with Gasteiger partial charge in [-0.15, -0.1) is 0 Å². The van der Waals surface area contributed by atoms with Crippen LogP contribution >= 0.6 is 0 Å². The van der Waals surface area contributed by atoms with E-state index in [0.717, 1.165) is 12.1 Å². The quantitative estimate of drug-likeness (QED) is 0.496. The lowest BCUT2D eigenvalue weighted by Crippen LogP contribution is -2.15. The van der Waals surface area contributed by atoms with Crippen molar-refractivity contribution in [1.82, 2.24) is 9.88 Å². The summed E-state index contributed by atoms with van der Waals surface area (Å²) in [5.41, 5.74) is 1.12. The number of nitriles is 1. The van der Waals surface area contributed by atoms with Crippen LogP contribution in [-0.2, 0) is 6.54 Å². The lowest BCUT2D eigenvalue weighted by atomic mass is 10.2. The van der Waals surface area contributed by atoms with Gasteiger partial charge in [0.05, 0.1) is 6.54 Å². The Morgan fingerprint density at radius 2 is 2.17 bits per heavy atom. The Morgan fingerprint density at radius 3 is 2.67 bits per heavy atom. The van der Waals surface area contributed by atoms with Crippen molar-refractivity contribution in [2.24, 2.45) is 0 Å². The van der Waals surface area contributed by atoms with Crippen LogP contribution in [0.5, 0.6) is 0 Å². The van der Waals surface area contributed by atoms with Gasteiger partial charge in [-0.05, 0) is 24.6 Å². The van der Waals surface area contributed by atoms with E-state index in [4.69, 9.17) is 5.26 Å². The van der Waals surface area contributed by atoms with E-state index in [-0.39, 0.29) is 0 Å². The Bertz CT molecular complexity index is 263. The molecule has 1 rings (SSSR count). The van der Waals surface area contributed by atoms with Crippen LogP contribution in [-0.4, -0.2) is 16.4 Å². The number of hydrogen-bond acceptors (Lipinski definition) is 3. The molecule has 1 aromatic heterocycles. The molecule has 3 nitrogen and oxygen atoms in total. The van der Waals surface area contributed by atoms with Gasteiger partial charge < -0.3 is 4.90 Å². The highest BCUT2D eigenvalue weighted by Crippen LogP contribution is 2.00. The minimum absolute atomic E-state index is 0.676. The lowest BCUT2D eigenvalue weighted by molar-refractivity contribution is 0.407. The Labute approximate surface area is 72.3 Å². The summed E-state index contributed by atoms with van der Waals surface area (Å²) >= 11 is 0. The van der Waals surface area contributed by atoms with Gasteiger partial charge in [0.25, 0.3) is 0 Å². The number of rotatable bonds is 3. The van der Waals surface area contributed by atoms with E-state index in [9.17, 15) is 0 Å². The minimum atomic E-state index is 0.676. The van der Waals surface area contributed by atoms with Crippen LogP contribution < -0.4 is 0 Å². The second-order valence-electron chi connectivity index (χ2n) is 2.47. The van der Waals surface area contributed by atoms with Gasteiger partial charge in [-0.3, -0.25) is 4.98 Å². The van der Waals surface area contributed by atoms with E-state index in [0.29, 0.717) is 6.54 Å². The van der Waals surface area contributed by atoms with Gasteiger partial charge in [-0.25, -0.2) is 0 Å². The molecule has 0 spiro atoms. The third kappa shape index (κ3) is 2.24. The van der Waals surface area contributed by atoms with Gasteiger partial charge in [0.2, 0.25) is 0 Å². The molecule has 0 aliphatic carbocycles. The summed E-state index contributed by atoms with van der Waals surface area (Å²) in [6, 6.07) is 3.83. The fraction of sp³-hybridized carbons (Fsp3) is 0.333. The molecule has 0 N–H and O–H groups in total. The zero-order valence-corrected chi connectivity index (χ0v) is 7.07. The normalized spacial score (nSPS) is 9.00. The number of hydrogen-bond donors (Lipinski definition) is 0. The molecule has 0 saturated carbocycles. The van der Waals surface area contributed by atoms with Crippen molar-refractivity contribution in [2.45, 2.75) is 13.5 Å². The first-order valence-corrected chi connectivity index (χ1v) is 3.90. The zero-order valence-electron chi connectivity index (χ0n) is 7.07. The maximum Gasteiger partial charge on any atom is 0.179 e. The first-order valence-electron chi connectivity index (χ1n) is 3.90. The Morgan fingerprint density at radius 1 is 1.50 bits per heavy atom. The second-order valence-corrected chi connectivity index (χ2v) is 2.47. The van der Waals surface area contributed by atoms with E-state index in [1.165, 1.54) is 0 Å². The molecular formula is C9H11N3. The van der Waals surface area contributed by atoms with Crippen LogP contribution in [0.25, 0.3) is 0 Å². The molecular weight excluding hydrogens is 150 g/mol. The Hall–Kier alpha value is -1.56. The van der Waals surface area contributed by atoms with Crippen molar-refractivity contribution in [3.63, 3.8) is 0 Å².